The zero-order chi connectivity index (χ0) is 20.5. The Hall–Kier alpha value is -3.46. The highest BCUT2D eigenvalue weighted by atomic mass is 19.1. The molecule has 3 rings (SSSR count). The Labute approximate surface area is 163 Å². The van der Waals surface area contributed by atoms with Gasteiger partial charge in [-0.15, -0.1) is 0 Å². The van der Waals surface area contributed by atoms with Crippen molar-refractivity contribution in [2.45, 2.75) is 18.9 Å². The van der Waals surface area contributed by atoms with Crippen molar-refractivity contribution in [3.05, 3.63) is 76.7 Å². The molecule has 0 aromatic heterocycles. The van der Waals surface area contributed by atoms with Crippen LogP contribution in [0.5, 0.6) is 0 Å². The number of nitriles is 1. The Morgan fingerprint density at radius 3 is 2.46 bits per heavy atom. The van der Waals surface area contributed by atoms with Gasteiger partial charge in [-0.2, -0.15) is 5.26 Å². The molecule has 0 saturated carbocycles. The van der Waals surface area contributed by atoms with E-state index in [1.807, 2.05) is 36.4 Å². The molecule has 0 spiro atoms. The van der Waals surface area contributed by atoms with Crippen LogP contribution < -0.4 is 0 Å². The molecule has 6 heteroatoms. The van der Waals surface area contributed by atoms with Crippen molar-refractivity contribution in [3.63, 3.8) is 0 Å². The van der Waals surface area contributed by atoms with E-state index in [0.717, 1.165) is 5.56 Å². The largest absolute Gasteiger partial charge is 0.326 e. The topological polar surface area (TPSA) is 64.4 Å². The number of piperazine rings is 1. The second kappa shape index (κ2) is 7.28. The summed E-state index contributed by atoms with van der Waals surface area (Å²) in [5.41, 5.74) is 0.467. The van der Waals surface area contributed by atoms with Gasteiger partial charge in [0.25, 0.3) is 11.8 Å². The van der Waals surface area contributed by atoms with E-state index >= 15 is 0 Å². The summed E-state index contributed by atoms with van der Waals surface area (Å²) in [7, 11) is 3.11. The lowest BCUT2D eigenvalue weighted by molar-refractivity contribution is -0.155. The third-order valence-electron chi connectivity index (χ3n) is 5.21. The molecule has 1 saturated heterocycles. The number of halogens is 1. The number of nitrogens with zero attached hydrogens (tertiary/aromatic N) is 3. The van der Waals surface area contributed by atoms with Crippen molar-refractivity contribution in [2.24, 2.45) is 0 Å². The summed E-state index contributed by atoms with van der Waals surface area (Å²) in [6, 6.07) is 15.2. The van der Waals surface area contributed by atoms with E-state index < -0.39 is 11.4 Å². The molecule has 0 radical (unpaired) electrons. The molecule has 28 heavy (non-hydrogen) atoms. The van der Waals surface area contributed by atoms with E-state index in [1.54, 1.807) is 14.0 Å². The van der Waals surface area contributed by atoms with Gasteiger partial charge in [-0.05, 0) is 42.3 Å². The first kappa shape index (κ1) is 19.3. The van der Waals surface area contributed by atoms with E-state index in [4.69, 9.17) is 0 Å². The minimum absolute atomic E-state index is 0.0973. The lowest BCUT2D eigenvalue weighted by Gasteiger charge is -2.45. The van der Waals surface area contributed by atoms with Crippen molar-refractivity contribution < 1.29 is 14.0 Å². The fourth-order valence-corrected chi connectivity index (χ4v) is 3.40. The average Bonchev–Trinajstić information content (AvgIpc) is 2.69. The van der Waals surface area contributed by atoms with E-state index in [0.29, 0.717) is 6.42 Å². The zero-order valence-electron chi connectivity index (χ0n) is 15.9. The van der Waals surface area contributed by atoms with Gasteiger partial charge in [-0.1, -0.05) is 30.3 Å². The molecule has 2 aromatic carbocycles. The van der Waals surface area contributed by atoms with Crippen LogP contribution in [0.3, 0.4) is 0 Å². The van der Waals surface area contributed by atoms with E-state index in [9.17, 15) is 19.2 Å². The van der Waals surface area contributed by atoms with Crippen LogP contribution in [0, 0.1) is 17.1 Å². The first-order valence-electron chi connectivity index (χ1n) is 8.79. The van der Waals surface area contributed by atoms with E-state index in [2.05, 4.69) is 0 Å². The van der Waals surface area contributed by atoms with Gasteiger partial charge in [0.15, 0.2) is 0 Å². The minimum atomic E-state index is -1.05. The van der Waals surface area contributed by atoms with Crippen LogP contribution in [0.4, 0.5) is 4.39 Å². The fourth-order valence-electron chi connectivity index (χ4n) is 3.40. The Bertz CT molecular complexity index is 1010. The Kier molecular flexibility index (Phi) is 5.02. The lowest BCUT2D eigenvalue weighted by atomic mass is 9.87. The summed E-state index contributed by atoms with van der Waals surface area (Å²) in [6.07, 6.45) is 1.76. The fraction of sp³-hybridized carbons (Fsp3) is 0.227. The maximum Gasteiger partial charge on any atom is 0.271 e. The van der Waals surface area contributed by atoms with Gasteiger partial charge in [-0.25, -0.2) is 4.39 Å². The van der Waals surface area contributed by atoms with Gasteiger partial charge in [0.2, 0.25) is 0 Å². The Morgan fingerprint density at radius 2 is 1.82 bits per heavy atom. The molecule has 0 N–H and O–H groups in total. The molecule has 0 bridgehead atoms. The molecule has 1 atom stereocenters. The van der Waals surface area contributed by atoms with Crippen LogP contribution in [0.1, 0.15) is 23.6 Å². The van der Waals surface area contributed by atoms with Gasteiger partial charge in [-0.3, -0.25) is 9.59 Å². The van der Waals surface area contributed by atoms with Crippen molar-refractivity contribution >= 4 is 17.9 Å². The maximum atomic E-state index is 13.6. The van der Waals surface area contributed by atoms with Crippen LogP contribution in [-0.4, -0.2) is 41.2 Å². The maximum absolute atomic E-state index is 13.6. The summed E-state index contributed by atoms with van der Waals surface area (Å²) in [5.74, 6) is -1.14. The van der Waals surface area contributed by atoms with Crippen LogP contribution in [0.25, 0.3) is 6.08 Å². The molecule has 1 aliphatic heterocycles. The smallest absolute Gasteiger partial charge is 0.271 e. The quantitative estimate of drug-likeness (QED) is 0.773. The molecule has 5 nitrogen and oxygen atoms in total. The number of likely N-dealkylation sites (N-methyl/N-ethyl adjacent to an activating group) is 2. The molecule has 1 heterocycles. The molecule has 1 unspecified atom stereocenters. The average molecular weight is 377 g/mol. The van der Waals surface area contributed by atoms with Crippen molar-refractivity contribution in [1.82, 2.24) is 9.80 Å². The molecule has 1 fully saturated rings. The number of carbonyl (C=O) groups is 2. The second-order valence-corrected chi connectivity index (χ2v) is 7.04. The summed E-state index contributed by atoms with van der Waals surface area (Å²) < 4.78 is 13.6. The summed E-state index contributed by atoms with van der Waals surface area (Å²) >= 11 is 0. The normalized spacial score (nSPS) is 21.2. The van der Waals surface area contributed by atoms with Crippen molar-refractivity contribution in [3.8, 4) is 6.07 Å². The summed E-state index contributed by atoms with van der Waals surface area (Å²) in [5, 5.41) is 9.24. The number of benzene rings is 2. The molecular formula is C22H20FN3O2. The predicted octanol–water partition coefficient (Wildman–Crippen LogP) is 2.97. The lowest BCUT2D eigenvalue weighted by Crippen LogP contribution is -2.64. The Balaban J connectivity index is 2.02. The van der Waals surface area contributed by atoms with Gasteiger partial charge in [0.1, 0.15) is 17.1 Å². The first-order chi connectivity index (χ1) is 13.3. The molecular weight excluding hydrogens is 357 g/mol. The van der Waals surface area contributed by atoms with Crippen LogP contribution in [0.15, 0.2) is 54.2 Å². The minimum Gasteiger partial charge on any atom is -0.326 e. The van der Waals surface area contributed by atoms with Gasteiger partial charge >= 0.3 is 0 Å². The number of hydrogen-bond donors (Lipinski definition) is 0. The monoisotopic (exact) mass is 377 g/mol. The van der Waals surface area contributed by atoms with E-state index in [1.165, 1.54) is 41.1 Å². The highest BCUT2D eigenvalue weighted by Gasteiger charge is 2.48. The number of amides is 2. The highest BCUT2D eigenvalue weighted by molar-refractivity contribution is 6.08. The third kappa shape index (κ3) is 3.27. The van der Waals surface area contributed by atoms with Gasteiger partial charge < -0.3 is 9.80 Å². The summed E-state index contributed by atoms with van der Waals surface area (Å²) in [6.45, 7) is 1.73. The zero-order valence-corrected chi connectivity index (χ0v) is 15.9. The summed E-state index contributed by atoms with van der Waals surface area (Å²) in [4.78, 5) is 28.9. The van der Waals surface area contributed by atoms with Crippen molar-refractivity contribution in [1.29, 1.82) is 5.26 Å². The second-order valence-electron chi connectivity index (χ2n) is 7.04. The van der Waals surface area contributed by atoms with Gasteiger partial charge in [0.05, 0.1) is 11.6 Å². The Morgan fingerprint density at radius 1 is 1.14 bits per heavy atom. The molecule has 142 valence electrons. The molecule has 0 aliphatic carbocycles. The van der Waals surface area contributed by atoms with Crippen LogP contribution in [-0.2, 0) is 16.0 Å². The SMILES string of the molecule is CN1C(=O)C(C)(Cc2ccccc2)N(C)C(=O)C1=Cc1cc(F)ccc1C#N. The number of hydrogen-bond acceptors (Lipinski definition) is 3. The third-order valence-corrected chi connectivity index (χ3v) is 5.21. The highest BCUT2D eigenvalue weighted by Crippen LogP contribution is 2.31. The molecule has 2 amide bonds. The standard InChI is InChI=1S/C22H20FN3O2/c1-22(13-15-7-5-4-6-8-15)21(28)25(2)19(20(27)26(22)3)12-17-11-18(23)10-9-16(17)14-24/h4-12H,13H2,1-3H3. The van der Waals surface area contributed by atoms with Gasteiger partial charge in [0, 0.05) is 20.5 Å². The molecule has 1 aliphatic rings. The first-order valence-corrected chi connectivity index (χ1v) is 8.79. The van der Waals surface area contributed by atoms with E-state index in [-0.39, 0.29) is 28.6 Å². The van der Waals surface area contributed by atoms with Crippen molar-refractivity contribution in [2.75, 3.05) is 14.1 Å². The van der Waals surface area contributed by atoms with Crippen LogP contribution >= 0.6 is 0 Å². The number of carbonyl (C=O) groups excluding carboxylic acids is 2. The van der Waals surface area contributed by atoms with Crippen LogP contribution in [0.2, 0.25) is 0 Å². The molecule has 2 aromatic rings. The number of rotatable bonds is 3. The predicted molar refractivity (Wildman–Crippen MR) is 103 cm³/mol.